The number of rotatable bonds is 2. The molecule has 0 bridgehead atoms. The summed E-state index contributed by atoms with van der Waals surface area (Å²) < 4.78 is 0. The molecule has 0 unspecified atom stereocenters. The van der Waals surface area contributed by atoms with Crippen molar-refractivity contribution in [3.63, 3.8) is 0 Å². The van der Waals surface area contributed by atoms with Gasteiger partial charge < -0.3 is 10.4 Å². The molecule has 5 heteroatoms. The van der Waals surface area contributed by atoms with Gasteiger partial charge in [-0.2, -0.15) is 0 Å². The first kappa shape index (κ1) is 17.0. The van der Waals surface area contributed by atoms with Crippen molar-refractivity contribution in [3.05, 3.63) is 36.8 Å². The number of aliphatic hydroxyl groups excluding tert-OH is 1. The largest absolute Gasteiger partial charge is 0.397 e. The van der Waals surface area contributed by atoms with Crippen LogP contribution in [0.4, 0.5) is 5.82 Å². The van der Waals surface area contributed by atoms with Gasteiger partial charge in [-0.15, -0.1) is 0 Å². The summed E-state index contributed by atoms with van der Waals surface area (Å²) in [5.74, 6) is 1.52. The van der Waals surface area contributed by atoms with E-state index in [1.807, 2.05) is 39.1 Å². The zero-order valence-electron chi connectivity index (χ0n) is 12.0. The van der Waals surface area contributed by atoms with Crippen molar-refractivity contribution in [1.82, 2.24) is 15.0 Å². The topological polar surface area (TPSA) is 70.9 Å². The second kappa shape index (κ2) is 11.1. The second-order valence-corrected chi connectivity index (χ2v) is 3.07. The van der Waals surface area contributed by atoms with Gasteiger partial charge in [0.15, 0.2) is 5.82 Å². The standard InChI is InChI=1S/C10H10N4.C2H6O.C2H6/c1-11-9-4-7-13-10(14-9)8-2-5-12-6-3-8;1-2-3;1-2/h2-7H,1H3,(H,11,13,14);3H,2H2,1H3;1-2H3. The summed E-state index contributed by atoms with van der Waals surface area (Å²) >= 11 is 0. The summed E-state index contributed by atoms with van der Waals surface area (Å²) in [6.45, 7) is 5.93. The Labute approximate surface area is 114 Å². The van der Waals surface area contributed by atoms with E-state index in [-0.39, 0.29) is 6.61 Å². The molecule has 0 radical (unpaired) electrons. The second-order valence-electron chi connectivity index (χ2n) is 3.07. The van der Waals surface area contributed by atoms with E-state index in [9.17, 15) is 0 Å². The van der Waals surface area contributed by atoms with Crippen LogP contribution in [0.1, 0.15) is 20.8 Å². The van der Waals surface area contributed by atoms with Crippen LogP contribution in [0.5, 0.6) is 0 Å². The first-order valence-corrected chi connectivity index (χ1v) is 6.33. The van der Waals surface area contributed by atoms with E-state index in [1.54, 1.807) is 25.5 Å². The number of hydrogen-bond acceptors (Lipinski definition) is 5. The average molecular weight is 262 g/mol. The van der Waals surface area contributed by atoms with E-state index in [0.29, 0.717) is 5.82 Å². The molecule has 0 aromatic carbocycles. The summed E-state index contributed by atoms with van der Waals surface area (Å²) in [6, 6.07) is 5.59. The van der Waals surface area contributed by atoms with Gasteiger partial charge in [0.2, 0.25) is 0 Å². The van der Waals surface area contributed by atoms with E-state index in [2.05, 4.69) is 20.3 Å². The molecule has 0 saturated carbocycles. The summed E-state index contributed by atoms with van der Waals surface area (Å²) in [6.07, 6.45) is 5.18. The van der Waals surface area contributed by atoms with Gasteiger partial charge in [-0.05, 0) is 25.1 Å². The summed E-state index contributed by atoms with van der Waals surface area (Å²) in [7, 11) is 1.83. The Kier molecular flexibility index (Phi) is 9.93. The van der Waals surface area contributed by atoms with Gasteiger partial charge in [0.05, 0.1) is 0 Å². The predicted molar refractivity (Wildman–Crippen MR) is 78.9 cm³/mol. The molecule has 0 fully saturated rings. The zero-order valence-corrected chi connectivity index (χ0v) is 12.0. The molecule has 0 spiro atoms. The molecular weight excluding hydrogens is 240 g/mol. The lowest BCUT2D eigenvalue weighted by atomic mass is 10.2. The highest BCUT2D eigenvalue weighted by atomic mass is 16.2. The number of aliphatic hydroxyl groups is 1. The van der Waals surface area contributed by atoms with Gasteiger partial charge in [0.25, 0.3) is 0 Å². The Balaban J connectivity index is 0.000000573. The first-order valence-electron chi connectivity index (χ1n) is 6.33. The fraction of sp³-hybridized carbons (Fsp3) is 0.357. The third-order valence-corrected chi connectivity index (χ3v) is 1.85. The molecule has 0 amide bonds. The lowest BCUT2D eigenvalue weighted by Gasteiger charge is -2.01. The molecule has 0 aliphatic carbocycles. The van der Waals surface area contributed by atoms with Crippen molar-refractivity contribution in [2.24, 2.45) is 0 Å². The Hall–Kier alpha value is -2.01. The van der Waals surface area contributed by atoms with Gasteiger partial charge in [-0.25, -0.2) is 9.97 Å². The molecule has 2 aromatic heterocycles. The lowest BCUT2D eigenvalue weighted by molar-refractivity contribution is 0.318. The third kappa shape index (κ3) is 6.47. The van der Waals surface area contributed by atoms with E-state index < -0.39 is 0 Å². The average Bonchev–Trinajstić information content (AvgIpc) is 2.51. The minimum absolute atomic E-state index is 0.250. The van der Waals surface area contributed by atoms with Gasteiger partial charge >= 0.3 is 0 Å². The zero-order chi connectivity index (χ0) is 14.5. The van der Waals surface area contributed by atoms with E-state index in [1.165, 1.54) is 0 Å². The van der Waals surface area contributed by atoms with Crippen LogP contribution in [0, 0.1) is 0 Å². The van der Waals surface area contributed by atoms with Gasteiger partial charge in [0.1, 0.15) is 5.82 Å². The van der Waals surface area contributed by atoms with Crippen LogP contribution in [-0.4, -0.2) is 33.7 Å². The molecular formula is C14H22N4O. The van der Waals surface area contributed by atoms with Crippen LogP contribution >= 0.6 is 0 Å². The maximum atomic E-state index is 7.57. The predicted octanol–water partition coefficient (Wildman–Crippen LogP) is 2.61. The van der Waals surface area contributed by atoms with E-state index in [0.717, 1.165) is 11.4 Å². The summed E-state index contributed by atoms with van der Waals surface area (Å²) in [5.41, 5.74) is 0.970. The van der Waals surface area contributed by atoms with Crippen LogP contribution in [0.15, 0.2) is 36.8 Å². The van der Waals surface area contributed by atoms with Crippen molar-refractivity contribution in [1.29, 1.82) is 0 Å². The highest BCUT2D eigenvalue weighted by Crippen LogP contribution is 2.13. The Morgan fingerprint density at radius 2 is 1.68 bits per heavy atom. The van der Waals surface area contributed by atoms with Crippen molar-refractivity contribution in [3.8, 4) is 11.4 Å². The number of hydrogen-bond donors (Lipinski definition) is 2. The van der Waals surface area contributed by atoms with Crippen LogP contribution in [0.3, 0.4) is 0 Å². The number of aromatic nitrogens is 3. The van der Waals surface area contributed by atoms with Crippen molar-refractivity contribution in [2.45, 2.75) is 20.8 Å². The Morgan fingerprint density at radius 3 is 2.21 bits per heavy atom. The van der Waals surface area contributed by atoms with Crippen LogP contribution in [0.2, 0.25) is 0 Å². The Bertz CT molecular complexity index is 434. The molecule has 0 saturated heterocycles. The Morgan fingerprint density at radius 1 is 1.11 bits per heavy atom. The first-order chi connectivity index (χ1) is 9.31. The normalized spacial score (nSPS) is 8.47. The number of nitrogens with zero attached hydrogens (tertiary/aromatic N) is 3. The third-order valence-electron chi connectivity index (χ3n) is 1.85. The fourth-order valence-corrected chi connectivity index (χ4v) is 1.14. The highest BCUT2D eigenvalue weighted by Gasteiger charge is 2.00. The van der Waals surface area contributed by atoms with Crippen LogP contribution in [-0.2, 0) is 0 Å². The lowest BCUT2D eigenvalue weighted by Crippen LogP contribution is -1.95. The monoisotopic (exact) mass is 262 g/mol. The molecule has 0 atom stereocenters. The smallest absolute Gasteiger partial charge is 0.161 e. The number of nitrogens with one attached hydrogen (secondary N) is 1. The minimum Gasteiger partial charge on any atom is -0.397 e. The molecule has 104 valence electrons. The molecule has 19 heavy (non-hydrogen) atoms. The van der Waals surface area contributed by atoms with E-state index in [4.69, 9.17) is 5.11 Å². The van der Waals surface area contributed by atoms with Gasteiger partial charge in [-0.3, -0.25) is 4.98 Å². The molecule has 2 N–H and O–H groups in total. The number of pyridine rings is 1. The maximum Gasteiger partial charge on any atom is 0.161 e. The summed E-state index contributed by atoms with van der Waals surface area (Å²) in [4.78, 5) is 12.4. The number of anilines is 1. The molecule has 5 nitrogen and oxygen atoms in total. The minimum atomic E-state index is 0.250. The maximum absolute atomic E-state index is 7.57. The molecule has 2 rings (SSSR count). The SMILES string of the molecule is CC.CCO.CNc1ccnc(-c2ccncc2)n1. The van der Waals surface area contributed by atoms with Gasteiger partial charge in [0, 0.05) is 37.8 Å². The van der Waals surface area contributed by atoms with Crippen molar-refractivity contribution >= 4 is 5.82 Å². The fourth-order valence-electron chi connectivity index (χ4n) is 1.14. The molecule has 0 aliphatic rings. The highest BCUT2D eigenvalue weighted by molar-refractivity contribution is 5.55. The quantitative estimate of drug-likeness (QED) is 0.870. The van der Waals surface area contributed by atoms with E-state index >= 15 is 0 Å². The summed E-state index contributed by atoms with van der Waals surface area (Å²) in [5, 5.41) is 10.5. The van der Waals surface area contributed by atoms with Crippen LogP contribution < -0.4 is 5.32 Å². The molecule has 0 aliphatic heterocycles. The van der Waals surface area contributed by atoms with Crippen LogP contribution in [0.25, 0.3) is 11.4 Å². The molecule has 2 aromatic rings. The van der Waals surface area contributed by atoms with Gasteiger partial charge in [-0.1, -0.05) is 13.8 Å². The van der Waals surface area contributed by atoms with Crippen molar-refractivity contribution in [2.75, 3.05) is 19.0 Å². The molecule has 2 heterocycles. The van der Waals surface area contributed by atoms with Crippen molar-refractivity contribution < 1.29 is 5.11 Å².